The van der Waals surface area contributed by atoms with Gasteiger partial charge in [0.25, 0.3) is 11.8 Å². The molecule has 0 aromatic rings. The summed E-state index contributed by atoms with van der Waals surface area (Å²) in [5, 5.41) is 21.4. The Hall–Kier alpha value is -0.980. The largest absolute Gasteiger partial charge is 0.473 e. The van der Waals surface area contributed by atoms with Crippen molar-refractivity contribution < 1.29 is 24.5 Å². The molecule has 0 unspecified atom stereocenters. The van der Waals surface area contributed by atoms with Crippen molar-refractivity contribution in [1.29, 1.82) is 0 Å². The predicted octanol–water partition coefficient (Wildman–Crippen LogP) is 1.93. The molecule has 2 spiro atoms. The number of rotatable bonds is 0. The molecule has 5 fully saturated rings. The SMILES string of the molecule is O=C1N2[C@H]3C(=COC=C[C@@H]3O)C[C@]23SSSS[C@]12CC1=CC=C[C@H](O)[C@H]1N2C3=O. The second kappa shape index (κ2) is 6.27. The Labute approximate surface area is 181 Å². The van der Waals surface area contributed by atoms with Gasteiger partial charge in [0.1, 0.15) is 0 Å². The quantitative estimate of drug-likeness (QED) is 0.518. The van der Waals surface area contributed by atoms with Crippen molar-refractivity contribution in [3.8, 4) is 0 Å². The number of fused-ring (bicyclic) bond motifs is 5. The highest BCUT2D eigenvalue weighted by Gasteiger charge is 2.74. The van der Waals surface area contributed by atoms with Crippen LogP contribution in [0.15, 0.2) is 48.0 Å². The van der Waals surface area contributed by atoms with Gasteiger partial charge < -0.3 is 24.7 Å². The average Bonchev–Trinajstić information content (AvgIpc) is 3.15. The van der Waals surface area contributed by atoms with E-state index in [9.17, 15) is 19.8 Å². The van der Waals surface area contributed by atoms with Gasteiger partial charge in [-0.25, -0.2) is 0 Å². The van der Waals surface area contributed by atoms with E-state index in [1.807, 2.05) is 6.08 Å². The maximum Gasteiger partial charge on any atom is 0.262 e. The zero-order valence-corrected chi connectivity index (χ0v) is 18.1. The van der Waals surface area contributed by atoms with Gasteiger partial charge in [-0.05, 0) is 58.5 Å². The molecule has 0 aromatic heterocycles. The number of aliphatic hydroxyl groups excluding tert-OH is 2. The molecule has 1 aliphatic carbocycles. The summed E-state index contributed by atoms with van der Waals surface area (Å²) in [5.41, 5.74) is 1.62. The Bertz CT molecular complexity index is 951. The fraction of sp³-hybridized carbons (Fsp3) is 0.444. The zero-order valence-electron chi connectivity index (χ0n) is 14.8. The average molecular weight is 469 g/mol. The number of piperazine rings is 1. The summed E-state index contributed by atoms with van der Waals surface area (Å²) in [6.45, 7) is 0. The first-order chi connectivity index (χ1) is 14.0. The minimum absolute atomic E-state index is 0.185. The first kappa shape index (κ1) is 18.8. The van der Waals surface area contributed by atoms with Gasteiger partial charge in [0.2, 0.25) is 0 Å². The van der Waals surface area contributed by atoms with Crippen LogP contribution in [0.2, 0.25) is 0 Å². The first-order valence-electron chi connectivity index (χ1n) is 9.12. The molecule has 5 saturated heterocycles. The van der Waals surface area contributed by atoms with Gasteiger partial charge in [-0.3, -0.25) is 9.59 Å². The number of allylic oxidation sites excluding steroid dienone is 2. The van der Waals surface area contributed by atoms with Crippen LogP contribution < -0.4 is 0 Å². The molecule has 2 amide bonds. The van der Waals surface area contributed by atoms with Crippen molar-refractivity contribution in [2.24, 2.45) is 0 Å². The summed E-state index contributed by atoms with van der Waals surface area (Å²) < 4.78 is 5.37. The van der Waals surface area contributed by atoms with Crippen LogP contribution in [-0.2, 0) is 14.3 Å². The summed E-state index contributed by atoms with van der Waals surface area (Å²) in [6.07, 6.45) is 8.67. The van der Waals surface area contributed by atoms with Crippen molar-refractivity contribution in [2.75, 3.05) is 0 Å². The smallest absolute Gasteiger partial charge is 0.262 e. The van der Waals surface area contributed by atoms with E-state index in [0.717, 1.165) is 11.1 Å². The monoisotopic (exact) mass is 468 g/mol. The molecule has 0 radical (unpaired) electrons. The van der Waals surface area contributed by atoms with Crippen LogP contribution in [0.1, 0.15) is 12.8 Å². The maximum absolute atomic E-state index is 14.1. The van der Waals surface area contributed by atoms with Crippen LogP contribution in [0.25, 0.3) is 0 Å². The fourth-order valence-corrected chi connectivity index (χ4v) is 12.9. The molecule has 2 N–H and O–H groups in total. The molecule has 6 heterocycles. The molecule has 6 aliphatic heterocycles. The Morgan fingerprint density at radius 3 is 2.21 bits per heavy atom. The second-order valence-electron chi connectivity index (χ2n) is 7.73. The van der Waals surface area contributed by atoms with Crippen molar-refractivity contribution in [3.63, 3.8) is 0 Å². The van der Waals surface area contributed by atoms with Crippen LogP contribution >= 0.6 is 41.2 Å². The van der Waals surface area contributed by atoms with E-state index >= 15 is 0 Å². The van der Waals surface area contributed by atoms with E-state index in [4.69, 9.17) is 4.74 Å². The van der Waals surface area contributed by atoms with Gasteiger partial charge in [0, 0.05) is 12.8 Å². The highest BCUT2D eigenvalue weighted by molar-refractivity contribution is 9.26. The summed E-state index contributed by atoms with van der Waals surface area (Å²) in [5.74, 6) is -0.372. The molecule has 6 atom stereocenters. The van der Waals surface area contributed by atoms with Crippen LogP contribution in [0, 0.1) is 0 Å². The molecule has 0 aromatic carbocycles. The van der Waals surface area contributed by atoms with Crippen molar-refractivity contribution in [3.05, 3.63) is 48.0 Å². The van der Waals surface area contributed by atoms with Gasteiger partial charge in [0.05, 0.1) is 36.8 Å². The third-order valence-corrected chi connectivity index (χ3v) is 13.5. The van der Waals surface area contributed by atoms with Crippen LogP contribution in [0.5, 0.6) is 0 Å². The standard InChI is InChI=1S/C18H16N2O5S4/c21-11-3-1-2-9-6-17-15(23)20-14-10(8-25-5-4-12(14)22)7-18(20,27-29-28-26-17)16(24)19(17)13(9)11/h1-5,8,11-14,21-22H,6-7H2/t11-,12-,13-,14-,17+,18+/m0/s1. The highest BCUT2D eigenvalue weighted by Crippen LogP contribution is 2.68. The van der Waals surface area contributed by atoms with Crippen LogP contribution in [-0.4, -0.2) is 65.9 Å². The molecule has 2 bridgehead atoms. The lowest BCUT2D eigenvalue weighted by Gasteiger charge is -2.54. The van der Waals surface area contributed by atoms with E-state index < -0.39 is 34.0 Å². The summed E-state index contributed by atoms with van der Waals surface area (Å²) in [4.78, 5) is 29.1. The minimum Gasteiger partial charge on any atom is -0.473 e. The molecule has 7 rings (SSSR count). The lowest BCUT2D eigenvalue weighted by Crippen LogP contribution is -2.74. The normalized spacial score (nSPS) is 44.8. The molecule has 0 saturated carbocycles. The molecular formula is C18H16N2O5S4. The molecular weight excluding hydrogens is 452 g/mol. The van der Waals surface area contributed by atoms with Gasteiger partial charge >= 0.3 is 0 Å². The topological polar surface area (TPSA) is 90.3 Å². The van der Waals surface area contributed by atoms with Crippen LogP contribution in [0.4, 0.5) is 0 Å². The summed E-state index contributed by atoms with van der Waals surface area (Å²) in [7, 11) is 5.69. The van der Waals surface area contributed by atoms with Gasteiger partial charge in [-0.15, -0.1) is 0 Å². The second-order valence-corrected chi connectivity index (χ2v) is 14.0. The summed E-state index contributed by atoms with van der Waals surface area (Å²) in [6, 6.07) is -1.17. The van der Waals surface area contributed by atoms with Gasteiger partial charge in [0.15, 0.2) is 9.74 Å². The number of hydrogen-bond acceptors (Lipinski definition) is 9. The van der Waals surface area contributed by atoms with E-state index in [1.165, 1.54) is 53.6 Å². The molecule has 29 heavy (non-hydrogen) atoms. The van der Waals surface area contributed by atoms with Gasteiger partial charge in [-0.2, -0.15) is 0 Å². The van der Waals surface area contributed by atoms with Crippen molar-refractivity contribution in [2.45, 2.75) is 46.9 Å². The molecule has 152 valence electrons. The van der Waals surface area contributed by atoms with Crippen LogP contribution in [0.3, 0.4) is 0 Å². The van der Waals surface area contributed by atoms with E-state index in [1.54, 1.807) is 28.2 Å². The first-order valence-corrected chi connectivity index (χ1v) is 13.9. The van der Waals surface area contributed by atoms with Gasteiger partial charge in [-0.1, -0.05) is 18.2 Å². The molecule has 11 heteroatoms. The van der Waals surface area contributed by atoms with Crippen molar-refractivity contribution >= 4 is 53.1 Å². The third-order valence-electron chi connectivity index (χ3n) is 6.30. The zero-order chi connectivity index (χ0) is 20.0. The number of carbonyl (C=O) groups excluding carboxylic acids is 2. The molecule has 7 aliphatic rings. The highest BCUT2D eigenvalue weighted by atomic mass is 33.7. The summed E-state index contributed by atoms with van der Waals surface area (Å²) >= 11 is 0. The lowest BCUT2D eigenvalue weighted by atomic mass is 9.96. The van der Waals surface area contributed by atoms with Crippen molar-refractivity contribution in [1.82, 2.24) is 9.80 Å². The predicted molar refractivity (Wildman–Crippen MR) is 114 cm³/mol. The number of carbonyl (C=O) groups is 2. The van der Waals surface area contributed by atoms with E-state index in [-0.39, 0.29) is 18.2 Å². The Morgan fingerprint density at radius 2 is 1.52 bits per heavy atom. The Morgan fingerprint density at radius 1 is 0.931 bits per heavy atom. The minimum atomic E-state index is -1.17. The molecule has 7 nitrogen and oxygen atoms in total. The number of ether oxygens (including phenoxy) is 1. The third kappa shape index (κ3) is 2.23. The number of aliphatic hydroxyl groups is 2. The Balaban J connectivity index is 1.56. The lowest BCUT2D eigenvalue weighted by molar-refractivity contribution is -0.167. The van der Waals surface area contributed by atoms with E-state index in [2.05, 4.69) is 0 Å². The number of nitrogens with zero attached hydrogens (tertiary/aromatic N) is 2. The van der Waals surface area contributed by atoms with E-state index in [0.29, 0.717) is 6.42 Å². The maximum atomic E-state index is 14.1. The number of hydrogen-bond donors (Lipinski definition) is 2. The fourth-order valence-electron chi connectivity index (χ4n) is 5.15. The number of amides is 2. The Kier molecular flexibility index (Phi) is 4.06.